The minimum absolute atomic E-state index is 0.568. The van der Waals surface area contributed by atoms with Crippen molar-refractivity contribution >= 4 is 0 Å². The smallest absolute Gasteiger partial charge is 0.162 e. The van der Waals surface area contributed by atoms with Crippen LogP contribution in [-0.2, 0) is 12.1 Å². The quantitative estimate of drug-likeness (QED) is 0.818. The summed E-state index contributed by atoms with van der Waals surface area (Å²) in [4.78, 5) is 0. The number of nitrogens with zero attached hydrogens (tertiary/aromatic N) is 2. The Labute approximate surface area is 102 Å². The number of hydrogen-bond acceptors (Lipinski definition) is 4. The average molecular weight is 239 g/mol. The largest absolute Gasteiger partial charge is 0.493 e. The number of ether oxygens (including phenoxy) is 1. The molecule has 1 saturated heterocycles. The first-order chi connectivity index (χ1) is 8.21. The predicted molar refractivity (Wildman–Crippen MR) is 65.1 cm³/mol. The minimum Gasteiger partial charge on any atom is -0.493 e. The third kappa shape index (κ3) is 2.30. The van der Waals surface area contributed by atoms with Crippen molar-refractivity contribution in [2.45, 2.75) is 38.3 Å². The lowest BCUT2D eigenvalue weighted by molar-refractivity contribution is 0.00183. The first-order valence-corrected chi connectivity index (χ1v) is 6.24. The number of nitrogens with one attached hydrogen (secondary N) is 1. The van der Waals surface area contributed by atoms with Crippen LogP contribution in [0, 0.1) is 0 Å². The molecule has 0 aromatic carbocycles. The predicted octanol–water partition coefficient (Wildman–Crippen LogP) is 0.873. The third-order valence-corrected chi connectivity index (χ3v) is 3.26. The van der Waals surface area contributed by atoms with Crippen molar-refractivity contribution in [1.29, 1.82) is 0 Å². The van der Waals surface area contributed by atoms with E-state index in [-0.39, 0.29) is 0 Å². The lowest BCUT2D eigenvalue weighted by Crippen LogP contribution is -2.44. The maximum absolute atomic E-state index is 10.7. The van der Waals surface area contributed by atoms with E-state index in [1.807, 2.05) is 4.68 Å². The molecule has 2 rings (SSSR count). The van der Waals surface area contributed by atoms with Crippen LogP contribution in [0.4, 0.5) is 0 Å². The fraction of sp³-hybridized carbons (Fsp3) is 0.750. The van der Waals surface area contributed by atoms with E-state index < -0.39 is 5.60 Å². The highest BCUT2D eigenvalue weighted by Crippen LogP contribution is 2.34. The Hall–Kier alpha value is -1.07. The van der Waals surface area contributed by atoms with Crippen LogP contribution in [0.5, 0.6) is 5.75 Å². The lowest BCUT2D eigenvalue weighted by Gasteiger charge is -2.33. The van der Waals surface area contributed by atoms with E-state index in [1.165, 1.54) is 0 Å². The summed E-state index contributed by atoms with van der Waals surface area (Å²) in [5.74, 6) is 0.685. The van der Waals surface area contributed by atoms with Gasteiger partial charge in [-0.25, -0.2) is 0 Å². The van der Waals surface area contributed by atoms with E-state index in [0.717, 1.165) is 38.0 Å². The zero-order valence-corrected chi connectivity index (χ0v) is 10.6. The maximum Gasteiger partial charge on any atom is 0.162 e. The molecular weight excluding hydrogens is 218 g/mol. The second kappa shape index (κ2) is 5.06. The van der Waals surface area contributed by atoms with E-state index in [1.54, 1.807) is 13.3 Å². The number of hydrogen-bond donors (Lipinski definition) is 2. The summed E-state index contributed by atoms with van der Waals surface area (Å²) in [6.45, 7) is 4.44. The second-order valence-corrected chi connectivity index (χ2v) is 4.60. The number of aliphatic hydroxyl groups is 1. The van der Waals surface area contributed by atoms with Gasteiger partial charge in [-0.2, -0.15) is 5.10 Å². The molecule has 5 nitrogen and oxygen atoms in total. The van der Waals surface area contributed by atoms with Gasteiger partial charge in [0.15, 0.2) is 5.75 Å². The third-order valence-electron chi connectivity index (χ3n) is 3.26. The summed E-state index contributed by atoms with van der Waals surface area (Å²) in [6.07, 6.45) is 4.40. The topological polar surface area (TPSA) is 59.3 Å². The summed E-state index contributed by atoms with van der Waals surface area (Å²) < 4.78 is 7.19. The number of rotatable bonds is 4. The van der Waals surface area contributed by atoms with Crippen molar-refractivity contribution in [3.05, 3.63) is 11.9 Å². The van der Waals surface area contributed by atoms with Crippen LogP contribution in [-0.4, -0.2) is 35.1 Å². The summed E-state index contributed by atoms with van der Waals surface area (Å²) in [7, 11) is 1.62. The van der Waals surface area contributed by atoms with Gasteiger partial charge >= 0.3 is 0 Å². The molecule has 17 heavy (non-hydrogen) atoms. The molecule has 2 heterocycles. The molecule has 2 N–H and O–H groups in total. The molecule has 5 heteroatoms. The van der Waals surface area contributed by atoms with Crippen molar-refractivity contribution in [2.75, 3.05) is 20.2 Å². The van der Waals surface area contributed by atoms with Crippen molar-refractivity contribution in [1.82, 2.24) is 15.1 Å². The number of piperidine rings is 1. The second-order valence-electron chi connectivity index (χ2n) is 4.60. The molecule has 0 spiro atoms. The summed E-state index contributed by atoms with van der Waals surface area (Å²) in [5.41, 5.74) is -0.0380. The Kier molecular flexibility index (Phi) is 3.69. The van der Waals surface area contributed by atoms with Crippen molar-refractivity contribution < 1.29 is 9.84 Å². The van der Waals surface area contributed by atoms with E-state index >= 15 is 0 Å². The fourth-order valence-corrected chi connectivity index (χ4v) is 2.46. The molecule has 1 aromatic rings. The van der Waals surface area contributed by atoms with Crippen LogP contribution in [0.25, 0.3) is 0 Å². The normalized spacial score (nSPS) is 24.9. The van der Waals surface area contributed by atoms with Gasteiger partial charge in [0.2, 0.25) is 0 Å². The van der Waals surface area contributed by atoms with Gasteiger partial charge in [0, 0.05) is 13.1 Å². The SMILES string of the molecule is CCCn1ncc(OC)c1C1(O)CCCNC1. The number of methoxy groups -OCH3 is 1. The highest BCUT2D eigenvalue weighted by Gasteiger charge is 2.37. The standard InChI is InChI=1S/C12H21N3O2/c1-3-7-15-11(10(17-2)8-14-15)12(16)5-4-6-13-9-12/h8,13,16H,3-7,9H2,1-2H3. The van der Waals surface area contributed by atoms with Gasteiger partial charge in [-0.3, -0.25) is 4.68 Å². The van der Waals surface area contributed by atoms with Crippen molar-refractivity contribution in [3.63, 3.8) is 0 Å². The van der Waals surface area contributed by atoms with Crippen LogP contribution in [0.3, 0.4) is 0 Å². The van der Waals surface area contributed by atoms with E-state index in [4.69, 9.17) is 4.74 Å². The zero-order chi connectivity index (χ0) is 12.3. The first kappa shape index (κ1) is 12.4. The van der Waals surface area contributed by atoms with Crippen LogP contribution in [0.2, 0.25) is 0 Å². The molecule has 0 amide bonds. The highest BCUT2D eigenvalue weighted by atomic mass is 16.5. The van der Waals surface area contributed by atoms with Crippen LogP contribution < -0.4 is 10.1 Å². The van der Waals surface area contributed by atoms with E-state index in [0.29, 0.717) is 12.3 Å². The molecule has 0 radical (unpaired) electrons. The minimum atomic E-state index is -0.852. The van der Waals surface area contributed by atoms with Crippen LogP contribution >= 0.6 is 0 Å². The Bertz CT molecular complexity index is 370. The fourth-order valence-electron chi connectivity index (χ4n) is 2.46. The molecule has 1 aliphatic rings. The van der Waals surface area contributed by atoms with Crippen molar-refractivity contribution in [2.24, 2.45) is 0 Å². The summed E-state index contributed by atoms with van der Waals surface area (Å²) >= 11 is 0. The van der Waals surface area contributed by atoms with Crippen LogP contribution in [0.15, 0.2) is 6.20 Å². The lowest BCUT2D eigenvalue weighted by atomic mass is 9.90. The maximum atomic E-state index is 10.7. The molecule has 1 atom stereocenters. The van der Waals surface area contributed by atoms with Gasteiger partial charge in [-0.05, 0) is 25.8 Å². The molecule has 0 bridgehead atoms. The van der Waals surface area contributed by atoms with E-state index in [9.17, 15) is 5.11 Å². The van der Waals surface area contributed by atoms with Gasteiger partial charge in [0.1, 0.15) is 11.3 Å². The molecule has 1 aliphatic heterocycles. The Morgan fingerprint density at radius 1 is 1.65 bits per heavy atom. The molecule has 96 valence electrons. The Balaban J connectivity index is 2.36. The van der Waals surface area contributed by atoms with Gasteiger partial charge in [0.25, 0.3) is 0 Å². The van der Waals surface area contributed by atoms with Gasteiger partial charge in [-0.1, -0.05) is 6.92 Å². The Morgan fingerprint density at radius 2 is 2.47 bits per heavy atom. The molecule has 0 saturated carbocycles. The van der Waals surface area contributed by atoms with Gasteiger partial charge < -0.3 is 15.2 Å². The zero-order valence-electron chi connectivity index (χ0n) is 10.6. The van der Waals surface area contributed by atoms with E-state index in [2.05, 4.69) is 17.3 Å². The number of β-amino-alcohol motifs (C(OH)–C–C–N with tert-alkyl or cyclic N) is 1. The average Bonchev–Trinajstić information content (AvgIpc) is 2.74. The molecule has 0 aliphatic carbocycles. The highest BCUT2D eigenvalue weighted by molar-refractivity contribution is 5.31. The Morgan fingerprint density at radius 3 is 3.06 bits per heavy atom. The van der Waals surface area contributed by atoms with Gasteiger partial charge in [-0.15, -0.1) is 0 Å². The van der Waals surface area contributed by atoms with Gasteiger partial charge in [0.05, 0.1) is 13.3 Å². The molecular formula is C12H21N3O2. The summed E-state index contributed by atoms with van der Waals surface area (Å²) in [5, 5.41) is 18.3. The molecule has 1 fully saturated rings. The summed E-state index contributed by atoms with van der Waals surface area (Å²) in [6, 6.07) is 0. The monoisotopic (exact) mass is 239 g/mol. The number of aryl methyl sites for hydroxylation is 1. The first-order valence-electron chi connectivity index (χ1n) is 6.24. The van der Waals surface area contributed by atoms with Crippen LogP contribution in [0.1, 0.15) is 31.9 Å². The molecule has 1 unspecified atom stereocenters. The molecule has 1 aromatic heterocycles. The number of aromatic nitrogens is 2. The van der Waals surface area contributed by atoms with Crippen molar-refractivity contribution in [3.8, 4) is 5.75 Å².